The molecule has 1 aromatic heterocycles. The van der Waals surface area contributed by atoms with Gasteiger partial charge in [-0.25, -0.2) is 0 Å². The van der Waals surface area contributed by atoms with Crippen molar-refractivity contribution in [3.8, 4) is 17.1 Å². The number of aromatic nitrogens is 1. The van der Waals surface area contributed by atoms with E-state index >= 15 is 0 Å². The predicted octanol–water partition coefficient (Wildman–Crippen LogP) is 6.63. The van der Waals surface area contributed by atoms with Gasteiger partial charge in [0.1, 0.15) is 5.75 Å². The van der Waals surface area contributed by atoms with Crippen molar-refractivity contribution in [1.82, 2.24) is 5.16 Å². The van der Waals surface area contributed by atoms with E-state index in [2.05, 4.69) is 5.16 Å². The number of rotatable bonds is 10. The lowest BCUT2D eigenvalue weighted by atomic mass is 9.98. The maximum atomic E-state index is 12.9. The molecule has 0 aliphatic rings. The fraction of sp³-hybridized carbons (Fsp3) is 0.333. The minimum absolute atomic E-state index is 0.00603. The van der Waals surface area contributed by atoms with Crippen molar-refractivity contribution < 1.29 is 37.1 Å². The van der Waals surface area contributed by atoms with Gasteiger partial charge >= 0.3 is 12.1 Å². The first kappa shape index (κ1) is 25.6. The summed E-state index contributed by atoms with van der Waals surface area (Å²) < 4.78 is 55.4. The third kappa shape index (κ3) is 6.12. The minimum atomic E-state index is -4.43. The number of hydrogen-bond acceptors (Lipinski definition) is 6. The van der Waals surface area contributed by atoms with E-state index in [-0.39, 0.29) is 18.9 Å². The van der Waals surface area contributed by atoms with Gasteiger partial charge in [0, 0.05) is 12.2 Å². The Hall–Kier alpha value is -2.98. The second-order valence-electron chi connectivity index (χ2n) is 7.52. The van der Waals surface area contributed by atoms with Crippen molar-refractivity contribution in [2.45, 2.75) is 48.9 Å². The molecule has 0 amide bonds. The lowest BCUT2D eigenvalue weighted by Crippen LogP contribution is -2.04. The van der Waals surface area contributed by atoms with Gasteiger partial charge in [0.2, 0.25) is 0 Å². The normalized spacial score (nSPS) is 12.5. The van der Waals surface area contributed by atoms with Crippen LogP contribution in [0.3, 0.4) is 0 Å². The molecular formula is C24H24F3NO5S. The molecule has 3 rings (SSSR count). The summed E-state index contributed by atoms with van der Waals surface area (Å²) >= 11 is 1.27. The number of carbonyl (C=O) groups is 1. The van der Waals surface area contributed by atoms with Gasteiger partial charge in [-0.3, -0.25) is 4.79 Å². The van der Waals surface area contributed by atoms with E-state index in [4.69, 9.17) is 19.1 Å². The van der Waals surface area contributed by atoms with E-state index in [1.165, 1.54) is 31.0 Å². The van der Waals surface area contributed by atoms with Gasteiger partial charge in [-0.05, 0) is 42.7 Å². The SMILES string of the molecule is CCOCc1c(Sc2ccc(C(C)CC(=O)O)cc2OC)noc1-c1ccc(C(F)(F)F)cc1. The Bertz CT molecular complexity index is 1130. The number of benzene rings is 2. The molecule has 6 nitrogen and oxygen atoms in total. The first-order valence-corrected chi connectivity index (χ1v) is 11.3. The fourth-order valence-corrected chi connectivity index (χ4v) is 4.24. The molecule has 2 aromatic carbocycles. The molecule has 0 saturated heterocycles. The third-order valence-electron chi connectivity index (χ3n) is 5.12. The molecule has 0 radical (unpaired) electrons. The minimum Gasteiger partial charge on any atom is -0.496 e. The van der Waals surface area contributed by atoms with E-state index < -0.39 is 17.7 Å². The molecule has 1 N–H and O–H groups in total. The van der Waals surface area contributed by atoms with Crippen LogP contribution in [0, 0.1) is 0 Å². The number of hydrogen-bond donors (Lipinski definition) is 1. The summed E-state index contributed by atoms with van der Waals surface area (Å²) in [6.45, 7) is 4.25. The lowest BCUT2D eigenvalue weighted by molar-refractivity contribution is -0.138. The highest BCUT2D eigenvalue weighted by molar-refractivity contribution is 7.99. The largest absolute Gasteiger partial charge is 0.496 e. The van der Waals surface area contributed by atoms with Gasteiger partial charge in [-0.15, -0.1) is 0 Å². The van der Waals surface area contributed by atoms with Gasteiger partial charge in [0.25, 0.3) is 0 Å². The van der Waals surface area contributed by atoms with E-state index in [9.17, 15) is 18.0 Å². The highest BCUT2D eigenvalue weighted by atomic mass is 32.2. The molecule has 0 aliphatic carbocycles. The standard InChI is InChI=1S/C24H24F3NO5S/c1-4-32-13-18-22(15-5-8-17(9-6-15)24(25,26)27)33-28-23(18)34-20-10-7-16(12-19(20)31-3)14(2)11-21(29)30/h5-10,12,14H,4,11,13H2,1-3H3,(H,29,30). The number of aliphatic carboxylic acids is 1. The topological polar surface area (TPSA) is 81.8 Å². The first-order valence-electron chi connectivity index (χ1n) is 10.5. The van der Waals surface area contributed by atoms with E-state index in [1.54, 1.807) is 6.07 Å². The number of carboxylic acid groups (broad SMARTS) is 1. The molecule has 182 valence electrons. The summed E-state index contributed by atoms with van der Waals surface area (Å²) in [5, 5.41) is 13.7. The van der Waals surface area contributed by atoms with Crippen LogP contribution in [0.2, 0.25) is 0 Å². The van der Waals surface area contributed by atoms with Crippen molar-refractivity contribution in [2.24, 2.45) is 0 Å². The number of carboxylic acids is 1. The van der Waals surface area contributed by atoms with Crippen molar-refractivity contribution in [3.63, 3.8) is 0 Å². The summed E-state index contributed by atoms with van der Waals surface area (Å²) in [4.78, 5) is 11.8. The zero-order valence-corrected chi connectivity index (χ0v) is 19.6. The predicted molar refractivity (Wildman–Crippen MR) is 120 cm³/mol. The molecule has 1 heterocycles. The van der Waals surface area contributed by atoms with Crippen LogP contribution in [-0.2, 0) is 22.3 Å². The molecule has 34 heavy (non-hydrogen) atoms. The summed E-state index contributed by atoms with van der Waals surface area (Å²) in [6.07, 6.45) is -4.44. The maximum absolute atomic E-state index is 12.9. The van der Waals surface area contributed by atoms with Gasteiger partial charge in [-0.2, -0.15) is 13.2 Å². The van der Waals surface area contributed by atoms with Crippen LogP contribution >= 0.6 is 11.8 Å². The van der Waals surface area contributed by atoms with E-state index in [1.807, 2.05) is 26.0 Å². The van der Waals surface area contributed by atoms with Crippen LogP contribution in [0.5, 0.6) is 5.75 Å². The fourth-order valence-electron chi connectivity index (χ4n) is 3.30. The van der Waals surface area contributed by atoms with Crippen molar-refractivity contribution in [1.29, 1.82) is 0 Å². The molecular weight excluding hydrogens is 471 g/mol. The second-order valence-corrected chi connectivity index (χ2v) is 8.55. The van der Waals surface area contributed by atoms with Gasteiger partial charge < -0.3 is 19.1 Å². The summed E-state index contributed by atoms with van der Waals surface area (Å²) in [5.41, 5.74) is 1.13. The van der Waals surface area contributed by atoms with Crippen LogP contribution in [0.1, 0.15) is 42.9 Å². The summed E-state index contributed by atoms with van der Waals surface area (Å²) in [6, 6.07) is 10.1. The zero-order chi connectivity index (χ0) is 24.9. The van der Waals surface area contributed by atoms with Crippen LogP contribution in [-0.4, -0.2) is 29.9 Å². The Morgan fingerprint density at radius 2 is 1.91 bits per heavy atom. The maximum Gasteiger partial charge on any atom is 0.416 e. The van der Waals surface area contributed by atoms with Crippen LogP contribution < -0.4 is 4.74 Å². The second kappa shape index (κ2) is 11.0. The average Bonchev–Trinajstić information content (AvgIpc) is 3.19. The average molecular weight is 496 g/mol. The number of halogens is 3. The Kier molecular flexibility index (Phi) is 8.27. The first-order chi connectivity index (χ1) is 16.1. The van der Waals surface area contributed by atoms with Gasteiger partial charge in [-0.1, -0.05) is 42.0 Å². The number of ether oxygens (including phenoxy) is 2. The number of nitrogens with zero attached hydrogens (tertiary/aromatic N) is 1. The van der Waals surface area contributed by atoms with E-state index in [0.717, 1.165) is 22.6 Å². The molecule has 0 fully saturated rings. The third-order valence-corrected chi connectivity index (χ3v) is 6.19. The van der Waals surface area contributed by atoms with Crippen molar-refractivity contribution >= 4 is 17.7 Å². The Balaban J connectivity index is 1.93. The van der Waals surface area contributed by atoms with E-state index in [0.29, 0.717) is 34.3 Å². The Labute approximate surface area is 199 Å². The molecule has 1 unspecified atom stereocenters. The van der Waals surface area contributed by atoms with Crippen molar-refractivity contribution in [2.75, 3.05) is 13.7 Å². The molecule has 1 atom stereocenters. The zero-order valence-electron chi connectivity index (χ0n) is 18.8. The summed E-state index contributed by atoms with van der Waals surface area (Å²) in [5.74, 6) is -0.210. The Morgan fingerprint density at radius 3 is 2.50 bits per heavy atom. The highest BCUT2D eigenvalue weighted by Gasteiger charge is 2.30. The molecule has 0 bridgehead atoms. The molecule has 0 saturated carbocycles. The van der Waals surface area contributed by atoms with Gasteiger partial charge in [0.05, 0.1) is 36.2 Å². The monoisotopic (exact) mass is 495 g/mol. The number of methoxy groups -OCH3 is 1. The number of alkyl halides is 3. The van der Waals surface area contributed by atoms with Crippen LogP contribution in [0.25, 0.3) is 11.3 Å². The Morgan fingerprint density at radius 1 is 1.21 bits per heavy atom. The molecule has 0 aliphatic heterocycles. The molecule has 0 spiro atoms. The van der Waals surface area contributed by atoms with Crippen LogP contribution in [0.4, 0.5) is 13.2 Å². The van der Waals surface area contributed by atoms with Crippen molar-refractivity contribution in [3.05, 3.63) is 59.2 Å². The molecule has 10 heteroatoms. The van der Waals surface area contributed by atoms with Crippen LogP contribution in [0.15, 0.2) is 56.9 Å². The van der Waals surface area contributed by atoms with Gasteiger partial charge in [0.15, 0.2) is 10.8 Å². The smallest absolute Gasteiger partial charge is 0.416 e. The lowest BCUT2D eigenvalue weighted by Gasteiger charge is -2.14. The summed E-state index contributed by atoms with van der Waals surface area (Å²) in [7, 11) is 1.52. The highest BCUT2D eigenvalue weighted by Crippen LogP contribution is 2.41. The quantitative estimate of drug-likeness (QED) is 0.338. The molecule has 3 aromatic rings.